The van der Waals surface area contributed by atoms with Gasteiger partial charge in [0.05, 0.1) is 22.6 Å². The summed E-state index contributed by atoms with van der Waals surface area (Å²) in [6.45, 7) is 1.65. The lowest BCUT2D eigenvalue weighted by molar-refractivity contribution is -0.116. The van der Waals surface area contributed by atoms with Gasteiger partial charge < -0.3 is 15.0 Å². The van der Waals surface area contributed by atoms with Gasteiger partial charge in [-0.05, 0) is 48.5 Å². The molecular formula is C26H30N4O6S2. The summed E-state index contributed by atoms with van der Waals surface area (Å²) in [7, 11) is -5.78. The Morgan fingerprint density at radius 1 is 0.816 bits per heavy atom. The molecule has 4 rings (SSSR count). The minimum atomic E-state index is -3.70. The molecule has 1 amide bonds. The normalized spacial score (nSPS) is 14.7. The third-order valence-corrected chi connectivity index (χ3v) is 9.53. The smallest absolute Gasteiger partial charge is 0.243 e. The van der Waals surface area contributed by atoms with Crippen molar-refractivity contribution in [1.82, 2.24) is 9.03 Å². The van der Waals surface area contributed by atoms with Gasteiger partial charge >= 0.3 is 0 Å². The third-order valence-electron chi connectivity index (χ3n) is 6.14. The Morgan fingerprint density at radius 2 is 1.45 bits per heavy atom. The summed E-state index contributed by atoms with van der Waals surface area (Å²) < 4.78 is 60.1. The molecule has 0 saturated carbocycles. The molecule has 1 heterocycles. The molecule has 0 atom stereocenters. The number of carbonyl (C=O) groups is 1. The van der Waals surface area contributed by atoms with E-state index in [1.54, 1.807) is 25.3 Å². The van der Waals surface area contributed by atoms with Crippen LogP contribution in [-0.2, 0) is 24.8 Å². The van der Waals surface area contributed by atoms with Gasteiger partial charge in [0.2, 0.25) is 26.0 Å². The second-order valence-electron chi connectivity index (χ2n) is 8.60. The molecule has 10 nitrogen and oxygen atoms in total. The van der Waals surface area contributed by atoms with Crippen molar-refractivity contribution in [2.75, 3.05) is 50.1 Å². The molecule has 1 saturated heterocycles. The second kappa shape index (κ2) is 11.9. The van der Waals surface area contributed by atoms with Crippen molar-refractivity contribution in [3.63, 3.8) is 0 Å². The molecule has 0 bridgehead atoms. The number of nitrogens with one attached hydrogen (secondary N) is 2. The highest BCUT2D eigenvalue weighted by molar-refractivity contribution is 7.89. The van der Waals surface area contributed by atoms with Gasteiger partial charge in [-0.3, -0.25) is 4.79 Å². The van der Waals surface area contributed by atoms with Gasteiger partial charge in [0.1, 0.15) is 5.75 Å². The lowest BCUT2D eigenvalue weighted by atomic mass is 10.2. The molecule has 0 aromatic heterocycles. The van der Waals surface area contributed by atoms with Gasteiger partial charge in [0, 0.05) is 44.8 Å². The predicted molar refractivity (Wildman–Crippen MR) is 145 cm³/mol. The van der Waals surface area contributed by atoms with E-state index in [-0.39, 0.29) is 22.8 Å². The lowest BCUT2D eigenvalue weighted by Crippen LogP contribution is -2.48. The Kier molecular flexibility index (Phi) is 8.67. The highest BCUT2D eigenvalue weighted by atomic mass is 32.2. The lowest BCUT2D eigenvalue weighted by Gasteiger charge is -2.35. The number of sulfonamides is 2. The summed E-state index contributed by atoms with van der Waals surface area (Å²) in [5, 5.41) is 2.66. The number of nitrogens with zero attached hydrogens (tertiary/aromatic N) is 2. The van der Waals surface area contributed by atoms with Gasteiger partial charge in [-0.1, -0.05) is 30.3 Å². The van der Waals surface area contributed by atoms with E-state index < -0.39 is 26.0 Å². The SMILES string of the molecule is COc1ccccc1N1CCN(S(=O)(=O)c2ccc(NC(=O)CCNS(=O)(=O)c3ccccc3)cc2)CC1. The predicted octanol–water partition coefficient (Wildman–Crippen LogP) is 2.51. The summed E-state index contributed by atoms with van der Waals surface area (Å²) in [5.74, 6) is 0.346. The maximum Gasteiger partial charge on any atom is 0.243 e. The number of methoxy groups -OCH3 is 1. The van der Waals surface area contributed by atoms with Crippen LogP contribution in [0.5, 0.6) is 5.75 Å². The summed E-state index contributed by atoms with van der Waals surface area (Å²) in [4.78, 5) is 14.6. The van der Waals surface area contributed by atoms with Crippen LogP contribution in [0, 0.1) is 0 Å². The van der Waals surface area contributed by atoms with E-state index in [9.17, 15) is 21.6 Å². The molecule has 1 fully saturated rings. The van der Waals surface area contributed by atoms with Crippen molar-refractivity contribution < 1.29 is 26.4 Å². The van der Waals surface area contributed by atoms with E-state index in [0.29, 0.717) is 31.9 Å². The van der Waals surface area contributed by atoms with Crippen LogP contribution < -0.4 is 19.7 Å². The number of carbonyl (C=O) groups excluding carboxylic acids is 1. The van der Waals surface area contributed by atoms with Crippen LogP contribution in [-0.4, -0.2) is 66.9 Å². The molecule has 12 heteroatoms. The molecule has 0 unspecified atom stereocenters. The van der Waals surface area contributed by atoms with Crippen LogP contribution in [0.15, 0.2) is 88.7 Å². The summed E-state index contributed by atoms with van der Waals surface area (Å²) in [6, 6.07) is 21.5. The number of piperazine rings is 1. The summed E-state index contributed by atoms with van der Waals surface area (Å²) in [6.07, 6.45) is -0.0808. The van der Waals surface area contributed by atoms with Crippen molar-refractivity contribution >= 4 is 37.3 Å². The molecule has 0 spiro atoms. The van der Waals surface area contributed by atoms with Gasteiger partial charge in [0.15, 0.2) is 0 Å². The fourth-order valence-corrected chi connectivity index (χ4v) is 6.60. The molecule has 1 aliphatic rings. The molecule has 202 valence electrons. The topological polar surface area (TPSA) is 125 Å². The molecule has 2 N–H and O–H groups in total. The number of rotatable bonds is 10. The Hall–Kier alpha value is -3.45. The van der Waals surface area contributed by atoms with Crippen molar-refractivity contribution in [1.29, 1.82) is 0 Å². The Bertz CT molecular complexity index is 1460. The first kappa shape index (κ1) is 27.6. The number of para-hydroxylation sites is 2. The van der Waals surface area contributed by atoms with Gasteiger partial charge in [-0.15, -0.1) is 0 Å². The number of amides is 1. The first-order valence-corrected chi connectivity index (χ1v) is 15.0. The zero-order valence-electron chi connectivity index (χ0n) is 20.9. The number of hydrogen-bond donors (Lipinski definition) is 2. The average molecular weight is 559 g/mol. The molecule has 3 aromatic carbocycles. The second-order valence-corrected chi connectivity index (χ2v) is 12.3. The van der Waals surface area contributed by atoms with Crippen LogP contribution in [0.1, 0.15) is 6.42 Å². The summed E-state index contributed by atoms with van der Waals surface area (Å²) >= 11 is 0. The zero-order valence-corrected chi connectivity index (χ0v) is 22.5. The monoisotopic (exact) mass is 558 g/mol. The van der Waals surface area contributed by atoms with Gasteiger partial charge in [-0.25, -0.2) is 21.6 Å². The minimum Gasteiger partial charge on any atom is -0.495 e. The van der Waals surface area contributed by atoms with E-state index in [1.807, 2.05) is 24.3 Å². The van der Waals surface area contributed by atoms with Crippen molar-refractivity contribution in [3.8, 4) is 5.75 Å². The minimum absolute atomic E-state index is 0.0731. The highest BCUT2D eigenvalue weighted by Crippen LogP contribution is 2.29. The molecule has 3 aromatic rings. The number of hydrogen-bond acceptors (Lipinski definition) is 7. The Balaban J connectivity index is 1.29. The van der Waals surface area contributed by atoms with Crippen LogP contribution >= 0.6 is 0 Å². The number of anilines is 2. The Morgan fingerprint density at radius 3 is 2.11 bits per heavy atom. The van der Waals surface area contributed by atoms with Crippen LogP contribution in [0.4, 0.5) is 11.4 Å². The summed E-state index contributed by atoms with van der Waals surface area (Å²) in [5.41, 5.74) is 1.35. The van der Waals surface area contributed by atoms with Crippen molar-refractivity contribution in [3.05, 3.63) is 78.9 Å². The van der Waals surface area contributed by atoms with E-state index in [0.717, 1.165) is 11.4 Å². The molecule has 0 aliphatic carbocycles. The van der Waals surface area contributed by atoms with E-state index >= 15 is 0 Å². The average Bonchev–Trinajstić information content (AvgIpc) is 2.94. The fourth-order valence-electron chi connectivity index (χ4n) is 4.13. The number of benzene rings is 3. The van der Waals surface area contributed by atoms with Gasteiger partial charge in [0.25, 0.3) is 0 Å². The first-order valence-electron chi connectivity index (χ1n) is 12.0. The highest BCUT2D eigenvalue weighted by Gasteiger charge is 2.29. The van der Waals surface area contributed by atoms with Gasteiger partial charge in [-0.2, -0.15) is 4.31 Å². The quantitative estimate of drug-likeness (QED) is 0.392. The molecular weight excluding hydrogens is 528 g/mol. The fraction of sp³-hybridized carbons (Fsp3) is 0.269. The van der Waals surface area contributed by atoms with Crippen LogP contribution in [0.25, 0.3) is 0 Å². The third kappa shape index (κ3) is 6.51. The maximum atomic E-state index is 13.2. The standard InChI is InChI=1S/C26H30N4O6S2/c1-36-25-10-6-5-9-24(25)29-17-19-30(20-18-29)38(34,35)23-13-11-21(12-14-23)28-26(31)15-16-27-37(32,33)22-7-3-2-4-8-22/h2-14,27H,15-20H2,1H3,(H,28,31). The van der Waals surface area contributed by atoms with E-state index in [1.165, 1.54) is 40.7 Å². The molecule has 38 heavy (non-hydrogen) atoms. The van der Waals surface area contributed by atoms with Crippen molar-refractivity contribution in [2.24, 2.45) is 0 Å². The van der Waals surface area contributed by atoms with Crippen LogP contribution in [0.3, 0.4) is 0 Å². The Labute approximate surface area is 223 Å². The van der Waals surface area contributed by atoms with Crippen molar-refractivity contribution in [2.45, 2.75) is 16.2 Å². The van der Waals surface area contributed by atoms with E-state index in [4.69, 9.17) is 4.74 Å². The largest absolute Gasteiger partial charge is 0.495 e. The molecule has 0 radical (unpaired) electrons. The maximum absolute atomic E-state index is 13.2. The van der Waals surface area contributed by atoms with E-state index in [2.05, 4.69) is 14.9 Å². The first-order chi connectivity index (χ1) is 18.2. The van der Waals surface area contributed by atoms with Crippen LogP contribution in [0.2, 0.25) is 0 Å². The zero-order chi connectivity index (χ0) is 27.2. The molecule has 1 aliphatic heterocycles. The number of ether oxygens (including phenoxy) is 1.